The van der Waals surface area contributed by atoms with E-state index in [9.17, 15) is 9.18 Å². The van der Waals surface area contributed by atoms with Crippen molar-refractivity contribution in [3.8, 4) is 0 Å². The number of aromatic carboxylic acids is 1. The predicted molar refractivity (Wildman–Crippen MR) is 81.4 cm³/mol. The van der Waals surface area contributed by atoms with Crippen LogP contribution in [0.4, 0.5) is 10.1 Å². The van der Waals surface area contributed by atoms with Crippen molar-refractivity contribution < 1.29 is 14.3 Å². The van der Waals surface area contributed by atoms with E-state index in [1.165, 1.54) is 35.2 Å². The van der Waals surface area contributed by atoms with Crippen molar-refractivity contribution in [3.05, 3.63) is 58.9 Å². The number of anilines is 1. The second-order valence-electron chi connectivity index (χ2n) is 5.03. The molecule has 0 atom stereocenters. The monoisotopic (exact) mass is 303 g/mol. The molecule has 0 fully saturated rings. The number of halogens is 1. The van der Waals surface area contributed by atoms with Crippen LogP contribution in [0.25, 0.3) is 0 Å². The van der Waals surface area contributed by atoms with Gasteiger partial charge in [0.1, 0.15) is 5.82 Å². The van der Waals surface area contributed by atoms with Crippen LogP contribution in [0.3, 0.4) is 0 Å². The molecule has 5 heteroatoms. The molecule has 0 aliphatic carbocycles. The molecule has 1 aliphatic heterocycles. The highest BCUT2D eigenvalue weighted by Gasteiger charge is 2.21. The average molecular weight is 303 g/mol. The lowest BCUT2D eigenvalue weighted by Crippen LogP contribution is -2.23. The van der Waals surface area contributed by atoms with Gasteiger partial charge in [-0.25, -0.2) is 9.18 Å². The average Bonchev–Trinajstić information content (AvgIpc) is 2.46. The fourth-order valence-electron chi connectivity index (χ4n) is 2.35. The Morgan fingerprint density at radius 3 is 2.81 bits per heavy atom. The Kier molecular flexibility index (Phi) is 3.59. The first kappa shape index (κ1) is 13.9. The topological polar surface area (TPSA) is 40.5 Å². The van der Waals surface area contributed by atoms with Gasteiger partial charge in [0.15, 0.2) is 0 Å². The highest BCUT2D eigenvalue weighted by molar-refractivity contribution is 8.00. The summed E-state index contributed by atoms with van der Waals surface area (Å²) in [4.78, 5) is 12.0. The zero-order chi connectivity index (χ0) is 15.0. The lowest BCUT2D eigenvalue weighted by atomic mass is 10.1. The van der Waals surface area contributed by atoms with Crippen LogP contribution in [0.2, 0.25) is 0 Å². The number of benzene rings is 2. The van der Waals surface area contributed by atoms with E-state index in [0.717, 1.165) is 17.4 Å². The fraction of sp³-hybridized carbons (Fsp3) is 0.188. The largest absolute Gasteiger partial charge is 0.478 e. The minimum Gasteiger partial charge on any atom is -0.478 e. The second-order valence-corrected chi connectivity index (χ2v) is 6.09. The van der Waals surface area contributed by atoms with Crippen LogP contribution in [0.1, 0.15) is 21.5 Å². The third kappa shape index (κ3) is 2.74. The lowest BCUT2D eigenvalue weighted by molar-refractivity contribution is 0.0696. The van der Waals surface area contributed by atoms with Crippen LogP contribution < -0.4 is 4.31 Å². The summed E-state index contributed by atoms with van der Waals surface area (Å²) < 4.78 is 16.0. The fourth-order valence-corrected chi connectivity index (χ4v) is 3.54. The molecule has 0 aromatic heterocycles. The summed E-state index contributed by atoms with van der Waals surface area (Å²) in [5, 5.41) is 8.89. The molecule has 2 aromatic rings. The van der Waals surface area contributed by atoms with E-state index in [2.05, 4.69) is 18.2 Å². The van der Waals surface area contributed by atoms with Gasteiger partial charge in [-0.15, -0.1) is 0 Å². The molecule has 3 nitrogen and oxygen atoms in total. The summed E-state index contributed by atoms with van der Waals surface area (Å²) in [5.74, 6) is -1.62. The van der Waals surface area contributed by atoms with Crippen molar-refractivity contribution in [1.29, 1.82) is 0 Å². The van der Waals surface area contributed by atoms with Gasteiger partial charge in [0.25, 0.3) is 0 Å². The van der Waals surface area contributed by atoms with Crippen LogP contribution in [0.5, 0.6) is 0 Å². The Morgan fingerprint density at radius 1 is 1.29 bits per heavy atom. The number of aryl methyl sites for hydroxylation is 1. The maximum atomic E-state index is 14.1. The molecule has 0 radical (unpaired) electrons. The number of rotatable bonds is 2. The highest BCUT2D eigenvalue weighted by atomic mass is 32.2. The van der Waals surface area contributed by atoms with Crippen molar-refractivity contribution >= 4 is 23.6 Å². The third-order valence-electron chi connectivity index (χ3n) is 3.48. The Morgan fingerprint density at radius 2 is 2.10 bits per heavy atom. The van der Waals surface area contributed by atoms with Gasteiger partial charge in [-0.1, -0.05) is 12.1 Å². The number of hydrogen-bond donors (Lipinski definition) is 1. The van der Waals surface area contributed by atoms with E-state index in [-0.39, 0.29) is 5.56 Å². The molecule has 2 aromatic carbocycles. The molecule has 3 rings (SSSR count). The molecule has 0 amide bonds. The minimum atomic E-state index is -1.12. The maximum absolute atomic E-state index is 14.1. The van der Waals surface area contributed by atoms with E-state index < -0.39 is 11.8 Å². The van der Waals surface area contributed by atoms with Crippen molar-refractivity contribution in [3.63, 3.8) is 0 Å². The molecular formula is C16H14FNO2S. The predicted octanol–water partition coefficient (Wildman–Crippen LogP) is 3.90. The first-order valence-electron chi connectivity index (χ1n) is 6.62. The molecule has 0 spiro atoms. The van der Waals surface area contributed by atoms with E-state index in [0.29, 0.717) is 12.2 Å². The summed E-state index contributed by atoms with van der Waals surface area (Å²) in [5.41, 5.74) is 2.83. The smallest absolute Gasteiger partial charge is 0.335 e. The molecule has 1 N–H and O–H groups in total. The first-order valence-corrected chi connectivity index (χ1v) is 7.40. The Balaban J connectivity index is 1.91. The van der Waals surface area contributed by atoms with E-state index >= 15 is 0 Å². The maximum Gasteiger partial charge on any atom is 0.335 e. The van der Waals surface area contributed by atoms with E-state index in [1.54, 1.807) is 0 Å². The summed E-state index contributed by atoms with van der Waals surface area (Å²) >= 11 is 1.50. The molecule has 0 saturated heterocycles. The van der Waals surface area contributed by atoms with Crippen LogP contribution in [-0.4, -0.2) is 17.6 Å². The van der Waals surface area contributed by atoms with Crippen LogP contribution >= 0.6 is 11.9 Å². The number of carboxylic acid groups (broad SMARTS) is 1. The second kappa shape index (κ2) is 5.41. The molecule has 1 aliphatic rings. The number of nitrogens with zero attached hydrogens (tertiary/aromatic N) is 1. The van der Waals surface area contributed by atoms with Crippen molar-refractivity contribution in [2.75, 3.05) is 10.8 Å². The van der Waals surface area contributed by atoms with Crippen molar-refractivity contribution in [1.82, 2.24) is 0 Å². The number of hydrogen-bond acceptors (Lipinski definition) is 3. The lowest BCUT2D eigenvalue weighted by Gasteiger charge is -2.29. The van der Waals surface area contributed by atoms with Gasteiger partial charge in [0.2, 0.25) is 0 Å². The molecular weight excluding hydrogens is 289 g/mol. The normalized spacial score (nSPS) is 13.9. The molecule has 0 unspecified atom stereocenters. The van der Waals surface area contributed by atoms with Crippen molar-refractivity contribution in [2.24, 2.45) is 0 Å². The van der Waals surface area contributed by atoms with Gasteiger partial charge >= 0.3 is 5.97 Å². The summed E-state index contributed by atoms with van der Waals surface area (Å²) in [6.45, 7) is 2.73. The SMILES string of the molecule is Cc1ccc2c(c1)SN(c1ccc(C(=O)O)cc1F)CC2. The number of carboxylic acids is 1. The number of fused-ring (bicyclic) bond motifs is 1. The van der Waals surface area contributed by atoms with Crippen LogP contribution in [-0.2, 0) is 6.42 Å². The molecule has 108 valence electrons. The van der Waals surface area contributed by atoms with Gasteiger partial charge in [-0.2, -0.15) is 0 Å². The van der Waals surface area contributed by atoms with Crippen molar-refractivity contribution in [2.45, 2.75) is 18.2 Å². The third-order valence-corrected chi connectivity index (χ3v) is 4.66. The zero-order valence-corrected chi connectivity index (χ0v) is 12.3. The molecule has 0 saturated carbocycles. The quantitative estimate of drug-likeness (QED) is 0.854. The summed E-state index contributed by atoms with van der Waals surface area (Å²) in [6.07, 6.45) is 0.850. The highest BCUT2D eigenvalue weighted by Crippen LogP contribution is 2.37. The van der Waals surface area contributed by atoms with Crippen LogP contribution in [0.15, 0.2) is 41.3 Å². The molecule has 0 bridgehead atoms. The van der Waals surface area contributed by atoms with Gasteiger partial charge in [-0.3, -0.25) is 0 Å². The first-order chi connectivity index (χ1) is 10.0. The van der Waals surface area contributed by atoms with Crippen LogP contribution in [0, 0.1) is 12.7 Å². The van der Waals surface area contributed by atoms with Gasteiger partial charge < -0.3 is 9.41 Å². The molecule has 21 heavy (non-hydrogen) atoms. The Labute approximate surface area is 126 Å². The standard InChI is InChI=1S/C16H14FNO2S/c1-10-2-3-11-6-7-18(21-15(11)8-10)14-5-4-12(16(19)20)9-13(14)17/h2-5,8-9H,6-7H2,1H3,(H,19,20). The molecule has 1 heterocycles. The summed E-state index contributed by atoms with van der Waals surface area (Å²) in [7, 11) is 0. The summed E-state index contributed by atoms with van der Waals surface area (Å²) in [6, 6.07) is 10.3. The van der Waals surface area contributed by atoms with E-state index in [1.807, 2.05) is 11.2 Å². The van der Waals surface area contributed by atoms with Gasteiger partial charge in [-0.05, 0) is 60.7 Å². The Hall–Kier alpha value is -2.01. The Bertz CT molecular complexity index is 717. The van der Waals surface area contributed by atoms with Gasteiger partial charge in [0.05, 0.1) is 11.3 Å². The number of carbonyl (C=O) groups is 1. The minimum absolute atomic E-state index is 0.0329. The van der Waals surface area contributed by atoms with E-state index in [4.69, 9.17) is 5.11 Å². The van der Waals surface area contributed by atoms with Gasteiger partial charge in [0, 0.05) is 11.4 Å². The zero-order valence-electron chi connectivity index (χ0n) is 11.5.